The number of ether oxygens (including phenoxy) is 1. The lowest BCUT2D eigenvalue weighted by Gasteiger charge is -2.30. The third kappa shape index (κ3) is 5.17. The molecular formula is C19H34N2O3. The van der Waals surface area contributed by atoms with Crippen LogP contribution in [0, 0.1) is 11.8 Å². The number of aliphatic hydroxyl groups is 1. The van der Waals surface area contributed by atoms with Gasteiger partial charge in [-0.3, -0.25) is 9.69 Å². The molecule has 3 fully saturated rings. The number of nitrogens with one attached hydrogen (secondary N) is 1. The lowest BCUT2D eigenvalue weighted by Crippen LogP contribution is -2.45. The minimum atomic E-state index is -0.362. The standard InChI is InChI=1S/C19H34N2O3/c22-17-12-18(21(14-17)13-16-7-10-24-11-8-16)19(23)20-9-6-15-4-2-1-3-5-15/h15-18,22H,1-14H2,(H,20,23)/t17-,18+/m1/s1. The molecule has 3 rings (SSSR count). The van der Waals surface area contributed by atoms with Gasteiger partial charge in [-0.2, -0.15) is 0 Å². The summed E-state index contributed by atoms with van der Waals surface area (Å²) in [6, 6.07) is -0.144. The second kappa shape index (κ2) is 9.16. The monoisotopic (exact) mass is 338 g/mol. The van der Waals surface area contributed by atoms with Gasteiger partial charge in [0.1, 0.15) is 0 Å². The number of likely N-dealkylation sites (tertiary alicyclic amines) is 1. The fourth-order valence-electron chi connectivity index (χ4n) is 4.61. The Morgan fingerprint density at radius 2 is 1.83 bits per heavy atom. The summed E-state index contributed by atoms with van der Waals surface area (Å²) in [6.45, 7) is 4.01. The van der Waals surface area contributed by atoms with Crippen molar-refractivity contribution in [1.82, 2.24) is 10.2 Å². The van der Waals surface area contributed by atoms with E-state index in [1.54, 1.807) is 0 Å². The average molecular weight is 338 g/mol. The van der Waals surface area contributed by atoms with E-state index in [0.29, 0.717) is 18.9 Å². The second-order valence-electron chi connectivity index (χ2n) is 8.00. The minimum absolute atomic E-state index is 0.120. The largest absolute Gasteiger partial charge is 0.392 e. The van der Waals surface area contributed by atoms with Crippen molar-refractivity contribution in [3.63, 3.8) is 0 Å². The summed E-state index contributed by atoms with van der Waals surface area (Å²) in [5, 5.41) is 13.2. The first kappa shape index (κ1) is 18.2. The normalized spacial score (nSPS) is 30.5. The minimum Gasteiger partial charge on any atom is -0.392 e. The molecule has 138 valence electrons. The number of β-amino-alcohol motifs (C(OH)–C–C–N with tert-alkyl or cyclic N) is 1. The maximum Gasteiger partial charge on any atom is 0.237 e. The van der Waals surface area contributed by atoms with E-state index in [1.165, 1.54) is 32.1 Å². The highest BCUT2D eigenvalue weighted by Crippen LogP contribution is 2.26. The molecule has 2 N–H and O–H groups in total. The quantitative estimate of drug-likeness (QED) is 0.777. The van der Waals surface area contributed by atoms with Gasteiger partial charge in [0.05, 0.1) is 12.1 Å². The van der Waals surface area contributed by atoms with Crippen LogP contribution in [0.1, 0.15) is 57.8 Å². The van der Waals surface area contributed by atoms with E-state index >= 15 is 0 Å². The van der Waals surface area contributed by atoms with Crippen molar-refractivity contribution in [2.24, 2.45) is 11.8 Å². The lowest BCUT2D eigenvalue weighted by molar-refractivity contribution is -0.125. The van der Waals surface area contributed by atoms with E-state index < -0.39 is 0 Å². The molecule has 0 bridgehead atoms. The van der Waals surface area contributed by atoms with Gasteiger partial charge < -0.3 is 15.2 Å². The molecule has 3 aliphatic rings. The van der Waals surface area contributed by atoms with Gasteiger partial charge in [0.15, 0.2) is 0 Å². The summed E-state index contributed by atoms with van der Waals surface area (Å²) in [4.78, 5) is 14.8. The van der Waals surface area contributed by atoms with Crippen molar-refractivity contribution in [2.75, 3.05) is 32.8 Å². The van der Waals surface area contributed by atoms with Gasteiger partial charge >= 0.3 is 0 Å². The molecule has 1 saturated carbocycles. The molecule has 5 nitrogen and oxygen atoms in total. The Hall–Kier alpha value is -0.650. The maximum atomic E-state index is 12.6. The predicted octanol–water partition coefficient (Wildman–Crippen LogP) is 1.93. The van der Waals surface area contributed by atoms with E-state index in [1.807, 2.05) is 0 Å². The summed E-state index contributed by atoms with van der Waals surface area (Å²) in [7, 11) is 0. The maximum absolute atomic E-state index is 12.6. The second-order valence-corrected chi connectivity index (χ2v) is 8.00. The molecule has 2 saturated heterocycles. The van der Waals surface area contributed by atoms with Crippen molar-refractivity contribution in [1.29, 1.82) is 0 Å². The average Bonchev–Trinajstić information content (AvgIpc) is 2.97. The Labute approximate surface area is 146 Å². The number of hydrogen-bond acceptors (Lipinski definition) is 4. The number of hydrogen-bond donors (Lipinski definition) is 2. The summed E-state index contributed by atoms with van der Waals surface area (Å²) in [6.07, 6.45) is 10.2. The highest BCUT2D eigenvalue weighted by Gasteiger charge is 2.37. The van der Waals surface area contributed by atoms with Gasteiger partial charge in [-0.1, -0.05) is 32.1 Å². The zero-order valence-electron chi connectivity index (χ0n) is 14.9. The first-order valence-electron chi connectivity index (χ1n) is 10.00. The zero-order chi connectivity index (χ0) is 16.8. The summed E-state index contributed by atoms with van der Waals surface area (Å²) in [5.41, 5.74) is 0. The highest BCUT2D eigenvalue weighted by molar-refractivity contribution is 5.82. The summed E-state index contributed by atoms with van der Waals surface area (Å²) in [5.74, 6) is 1.52. The highest BCUT2D eigenvalue weighted by atomic mass is 16.5. The fraction of sp³-hybridized carbons (Fsp3) is 0.947. The lowest BCUT2D eigenvalue weighted by atomic mass is 9.87. The first-order valence-corrected chi connectivity index (χ1v) is 10.00. The number of amides is 1. The number of aliphatic hydroxyl groups excluding tert-OH is 1. The Morgan fingerprint density at radius 3 is 2.58 bits per heavy atom. The molecule has 0 unspecified atom stereocenters. The summed E-state index contributed by atoms with van der Waals surface area (Å²) >= 11 is 0. The number of nitrogens with zero attached hydrogens (tertiary/aromatic N) is 1. The van der Waals surface area contributed by atoms with E-state index in [-0.39, 0.29) is 18.1 Å². The molecule has 0 aromatic carbocycles. The van der Waals surface area contributed by atoms with E-state index in [4.69, 9.17) is 4.74 Å². The molecule has 24 heavy (non-hydrogen) atoms. The molecule has 0 spiro atoms. The predicted molar refractivity (Wildman–Crippen MR) is 93.7 cm³/mol. The van der Waals surface area contributed by atoms with Crippen molar-refractivity contribution in [3.8, 4) is 0 Å². The molecule has 1 amide bonds. The molecule has 0 aromatic heterocycles. The summed E-state index contributed by atoms with van der Waals surface area (Å²) < 4.78 is 5.42. The number of carbonyl (C=O) groups excluding carboxylic acids is 1. The van der Waals surface area contributed by atoms with Gasteiger partial charge in [0, 0.05) is 32.8 Å². The Morgan fingerprint density at radius 1 is 1.08 bits per heavy atom. The molecule has 5 heteroatoms. The van der Waals surface area contributed by atoms with Gasteiger partial charge in [-0.25, -0.2) is 0 Å². The van der Waals surface area contributed by atoms with Crippen LogP contribution in [-0.2, 0) is 9.53 Å². The van der Waals surface area contributed by atoms with Crippen LogP contribution in [0.3, 0.4) is 0 Å². The van der Waals surface area contributed by atoms with Crippen LogP contribution < -0.4 is 5.32 Å². The molecule has 2 heterocycles. The molecular weight excluding hydrogens is 304 g/mol. The third-order valence-electron chi connectivity index (χ3n) is 6.09. The zero-order valence-corrected chi connectivity index (χ0v) is 14.9. The Bertz CT molecular complexity index is 392. The van der Waals surface area contributed by atoms with Crippen molar-refractivity contribution in [3.05, 3.63) is 0 Å². The van der Waals surface area contributed by atoms with E-state index in [2.05, 4.69) is 10.2 Å². The van der Waals surface area contributed by atoms with Crippen LogP contribution in [0.15, 0.2) is 0 Å². The van der Waals surface area contributed by atoms with E-state index in [9.17, 15) is 9.90 Å². The number of rotatable bonds is 6. The smallest absolute Gasteiger partial charge is 0.237 e. The Kier molecular flexibility index (Phi) is 6.93. The van der Waals surface area contributed by atoms with Crippen LogP contribution >= 0.6 is 0 Å². The molecule has 2 aliphatic heterocycles. The van der Waals surface area contributed by atoms with Crippen molar-refractivity contribution in [2.45, 2.75) is 69.9 Å². The fourth-order valence-corrected chi connectivity index (χ4v) is 4.61. The number of carbonyl (C=O) groups is 1. The Balaban J connectivity index is 1.42. The SMILES string of the molecule is O=C(NCCC1CCCCC1)[C@@H]1C[C@@H](O)CN1CC1CCOCC1. The third-order valence-corrected chi connectivity index (χ3v) is 6.09. The molecule has 2 atom stereocenters. The molecule has 0 radical (unpaired) electrons. The topological polar surface area (TPSA) is 61.8 Å². The van der Waals surface area contributed by atoms with Crippen molar-refractivity contribution < 1.29 is 14.6 Å². The van der Waals surface area contributed by atoms with E-state index in [0.717, 1.165) is 51.5 Å². The van der Waals surface area contributed by atoms with Gasteiger partial charge in [0.2, 0.25) is 5.91 Å². The van der Waals surface area contributed by atoms with Crippen molar-refractivity contribution >= 4 is 5.91 Å². The van der Waals surface area contributed by atoms with Gasteiger partial charge in [0.25, 0.3) is 0 Å². The molecule has 0 aromatic rings. The molecule has 1 aliphatic carbocycles. The van der Waals surface area contributed by atoms with Crippen LogP contribution in [0.5, 0.6) is 0 Å². The van der Waals surface area contributed by atoms with Crippen LogP contribution in [-0.4, -0.2) is 60.9 Å². The van der Waals surface area contributed by atoms with Gasteiger partial charge in [-0.15, -0.1) is 0 Å². The van der Waals surface area contributed by atoms with Crippen LogP contribution in [0.2, 0.25) is 0 Å². The first-order chi connectivity index (χ1) is 11.7. The van der Waals surface area contributed by atoms with Crippen LogP contribution in [0.25, 0.3) is 0 Å². The van der Waals surface area contributed by atoms with Gasteiger partial charge in [-0.05, 0) is 37.5 Å². The van der Waals surface area contributed by atoms with Crippen LogP contribution in [0.4, 0.5) is 0 Å².